The van der Waals surface area contributed by atoms with Crippen LogP contribution in [0.15, 0.2) is 22.7 Å². The average molecular weight is 304 g/mol. The number of carbonyl (C=O) groups is 2. The highest BCUT2D eigenvalue weighted by Gasteiger charge is 2.19. The van der Waals surface area contributed by atoms with Gasteiger partial charge in [-0.1, -0.05) is 22.0 Å². The van der Waals surface area contributed by atoms with Crippen LogP contribution in [-0.2, 0) is 9.59 Å². The summed E-state index contributed by atoms with van der Waals surface area (Å²) >= 11 is 3.10. The van der Waals surface area contributed by atoms with Crippen molar-refractivity contribution in [1.82, 2.24) is 5.32 Å². The van der Waals surface area contributed by atoms with Crippen LogP contribution < -0.4 is 5.32 Å². The summed E-state index contributed by atoms with van der Waals surface area (Å²) < 4.78 is 14.2. The minimum Gasteiger partial charge on any atom is -0.481 e. The zero-order valence-corrected chi connectivity index (χ0v) is 10.6. The molecule has 0 radical (unpaired) electrons. The molecule has 1 atom stereocenters. The minimum absolute atomic E-state index is 0.158. The number of nitrogens with one attached hydrogen (secondary N) is 1. The maximum absolute atomic E-state index is 13.6. The molecule has 0 aliphatic carbocycles. The molecule has 0 saturated carbocycles. The maximum Gasteiger partial charge on any atom is 0.305 e. The van der Waals surface area contributed by atoms with Gasteiger partial charge in [0.1, 0.15) is 5.82 Å². The summed E-state index contributed by atoms with van der Waals surface area (Å²) in [6, 6.07) is 3.41. The third-order valence-electron chi connectivity index (χ3n) is 2.09. The molecule has 1 aromatic carbocycles. The Morgan fingerprint density at radius 1 is 1.53 bits per heavy atom. The summed E-state index contributed by atoms with van der Waals surface area (Å²) in [5, 5.41) is 11.1. The molecule has 0 saturated heterocycles. The molecule has 0 bridgehead atoms. The van der Waals surface area contributed by atoms with Gasteiger partial charge in [-0.3, -0.25) is 9.59 Å². The third kappa shape index (κ3) is 4.14. The summed E-state index contributed by atoms with van der Waals surface area (Å²) in [4.78, 5) is 21.6. The Hall–Kier alpha value is -1.43. The second kappa shape index (κ2) is 5.77. The van der Waals surface area contributed by atoms with Gasteiger partial charge in [-0.2, -0.15) is 0 Å². The molecule has 0 fully saturated rings. The molecule has 0 heterocycles. The second-order valence-corrected chi connectivity index (χ2v) is 4.43. The molecule has 1 rings (SSSR count). The lowest BCUT2D eigenvalue weighted by atomic mass is 10.0. The summed E-state index contributed by atoms with van der Waals surface area (Å²) in [5.74, 6) is -2.07. The molecule has 2 N–H and O–H groups in total. The predicted molar refractivity (Wildman–Crippen MR) is 62.9 cm³/mol. The van der Waals surface area contributed by atoms with Gasteiger partial charge in [-0.25, -0.2) is 4.39 Å². The Kier molecular flexibility index (Phi) is 4.62. The Labute approximate surface area is 106 Å². The van der Waals surface area contributed by atoms with Crippen LogP contribution >= 0.6 is 15.9 Å². The number of halogens is 2. The maximum atomic E-state index is 13.6. The molecular weight excluding hydrogens is 293 g/mol. The van der Waals surface area contributed by atoms with E-state index in [9.17, 15) is 14.0 Å². The highest BCUT2D eigenvalue weighted by Crippen LogP contribution is 2.23. The van der Waals surface area contributed by atoms with Gasteiger partial charge in [0.2, 0.25) is 5.91 Å². The van der Waals surface area contributed by atoms with Gasteiger partial charge < -0.3 is 10.4 Å². The number of carboxylic acid groups (broad SMARTS) is 1. The first kappa shape index (κ1) is 13.6. The molecule has 0 spiro atoms. The van der Waals surface area contributed by atoms with Crippen molar-refractivity contribution in [3.63, 3.8) is 0 Å². The van der Waals surface area contributed by atoms with E-state index in [-0.39, 0.29) is 12.0 Å². The number of amides is 1. The van der Waals surface area contributed by atoms with Crippen molar-refractivity contribution < 1.29 is 19.1 Å². The highest BCUT2D eigenvalue weighted by atomic mass is 79.9. The van der Waals surface area contributed by atoms with Crippen LogP contribution in [0.5, 0.6) is 0 Å². The molecule has 17 heavy (non-hydrogen) atoms. The summed E-state index contributed by atoms with van der Waals surface area (Å²) in [6.07, 6.45) is -0.363. The zero-order chi connectivity index (χ0) is 13.0. The smallest absolute Gasteiger partial charge is 0.305 e. The number of carbonyl (C=O) groups excluding carboxylic acids is 1. The molecule has 1 unspecified atom stereocenters. The van der Waals surface area contributed by atoms with Crippen molar-refractivity contribution in [2.75, 3.05) is 0 Å². The van der Waals surface area contributed by atoms with Crippen molar-refractivity contribution in [3.8, 4) is 0 Å². The van der Waals surface area contributed by atoms with E-state index < -0.39 is 23.7 Å². The first-order chi connectivity index (χ1) is 7.90. The van der Waals surface area contributed by atoms with Crippen molar-refractivity contribution in [2.24, 2.45) is 0 Å². The molecule has 1 aromatic rings. The Bertz CT molecular complexity index is 434. The first-order valence-corrected chi connectivity index (χ1v) is 5.63. The second-order valence-electron chi connectivity index (χ2n) is 3.52. The number of carboxylic acids is 1. The molecule has 6 heteroatoms. The first-order valence-electron chi connectivity index (χ1n) is 4.84. The summed E-state index contributed by atoms with van der Waals surface area (Å²) in [7, 11) is 0. The SMILES string of the molecule is CC(=O)NC(CC(=O)O)c1ccc(Br)cc1F. The summed E-state index contributed by atoms with van der Waals surface area (Å²) in [6.45, 7) is 1.26. The van der Waals surface area contributed by atoms with Crippen LogP contribution in [0.3, 0.4) is 0 Å². The third-order valence-corrected chi connectivity index (χ3v) is 2.59. The van der Waals surface area contributed by atoms with Gasteiger partial charge >= 0.3 is 5.97 Å². The van der Waals surface area contributed by atoms with Gasteiger partial charge in [-0.15, -0.1) is 0 Å². The summed E-state index contributed by atoms with van der Waals surface area (Å²) in [5.41, 5.74) is 0.158. The quantitative estimate of drug-likeness (QED) is 0.896. The van der Waals surface area contributed by atoms with E-state index in [1.807, 2.05) is 0 Å². The number of hydrogen-bond donors (Lipinski definition) is 2. The molecule has 0 aliphatic heterocycles. The number of rotatable bonds is 4. The van der Waals surface area contributed by atoms with Crippen molar-refractivity contribution in [3.05, 3.63) is 34.1 Å². The van der Waals surface area contributed by atoms with Crippen molar-refractivity contribution in [2.45, 2.75) is 19.4 Å². The molecule has 92 valence electrons. The van der Waals surface area contributed by atoms with Gasteiger partial charge in [0.05, 0.1) is 12.5 Å². The molecular formula is C11H11BrFNO3. The molecule has 4 nitrogen and oxygen atoms in total. The van der Waals surface area contributed by atoms with E-state index in [0.29, 0.717) is 4.47 Å². The average Bonchev–Trinajstić information content (AvgIpc) is 2.14. The predicted octanol–water partition coefficient (Wildman–Crippen LogP) is 2.24. The lowest BCUT2D eigenvalue weighted by Crippen LogP contribution is -2.28. The van der Waals surface area contributed by atoms with Crippen molar-refractivity contribution in [1.29, 1.82) is 0 Å². The van der Waals surface area contributed by atoms with Crippen molar-refractivity contribution >= 4 is 27.8 Å². The van der Waals surface area contributed by atoms with Gasteiger partial charge in [0.15, 0.2) is 0 Å². The van der Waals surface area contributed by atoms with Gasteiger partial charge in [0.25, 0.3) is 0 Å². The van der Waals surface area contributed by atoms with Crippen LogP contribution in [-0.4, -0.2) is 17.0 Å². The van der Waals surface area contributed by atoms with Gasteiger partial charge in [-0.05, 0) is 12.1 Å². The standard InChI is InChI=1S/C11H11BrFNO3/c1-6(15)14-10(5-11(16)17)8-3-2-7(12)4-9(8)13/h2-4,10H,5H2,1H3,(H,14,15)(H,16,17). The van der Waals surface area contributed by atoms with Crippen LogP contribution in [0.4, 0.5) is 4.39 Å². The topological polar surface area (TPSA) is 66.4 Å². The molecule has 0 aromatic heterocycles. The van der Waals surface area contributed by atoms with Gasteiger partial charge in [0, 0.05) is 17.0 Å². The monoisotopic (exact) mass is 303 g/mol. The Morgan fingerprint density at radius 2 is 2.18 bits per heavy atom. The van der Waals surface area contributed by atoms with Crippen LogP contribution in [0.1, 0.15) is 24.9 Å². The van der Waals surface area contributed by atoms with E-state index >= 15 is 0 Å². The fourth-order valence-electron chi connectivity index (χ4n) is 1.44. The molecule has 1 amide bonds. The number of aliphatic carboxylic acids is 1. The lowest BCUT2D eigenvalue weighted by Gasteiger charge is -2.17. The lowest BCUT2D eigenvalue weighted by molar-refractivity contribution is -0.137. The van der Waals surface area contributed by atoms with E-state index in [1.165, 1.54) is 19.1 Å². The highest BCUT2D eigenvalue weighted by molar-refractivity contribution is 9.10. The fraction of sp³-hybridized carbons (Fsp3) is 0.273. The van der Waals surface area contributed by atoms with Crippen LogP contribution in [0.25, 0.3) is 0 Å². The van der Waals surface area contributed by atoms with Crippen LogP contribution in [0, 0.1) is 5.82 Å². The zero-order valence-electron chi connectivity index (χ0n) is 9.04. The fourth-order valence-corrected chi connectivity index (χ4v) is 1.78. The number of benzene rings is 1. The van der Waals surface area contributed by atoms with E-state index in [2.05, 4.69) is 21.2 Å². The van der Waals surface area contributed by atoms with E-state index in [0.717, 1.165) is 0 Å². The number of hydrogen-bond acceptors (Lipinski definition) is 2. The van der Waals surface area contributed by atoms with E-state index in [4.69, 9.17) is 5.11 Å². The van der Waals surface area contributed by atoms with E-state index in [1.54, 1.807) is 6.07 Å². The Morgan fingerprint density at radius 3 is 2.65 bits per heavy atom. The van der Waals surface area contributed by atoms with Crippen LogP contribution in [0.2, 0.25) is 0 Å². The molecule has 0 aliphatic rings. The normalized spacial score (nSPS) is 11.9. The minimum atomic E-state index is -1.11. The Balaban J connectivity index is 3.02. The largest absolute Gasteiger partial charge is 0.481 e.